The van der Waals surface area contributed by atoms with Crippen molar-refractivity contribution >= 4 is 0 Å². The average molecular weight is 202 g/mol. The second-order valence-electron chi connectivity index (χ2n) is 3.36. The summed E-state index contributed by atoms with van der Waals surface area (Å²) in [5, 5.41) is 4.10. The molecule has 1 heterocycles. The lowest BCUT2D eigenvalue weighted by Gasteiger charge is -2.05. The third-order valence-corrected chi connectivity index (χ3v) is 2.29. The van der Waals surface area contributed by atoms with Crippen LogP contribution in [0.4, 0.5) is 0 Å². The van der Waals surface area contributed by atoms with Crippen LogP contribution < -0.4 is 4.74 Å². The molecule has 1 aromatic heterocycles. The molecule has 2 rings (SSSR count). The predicted molar refractivity (Wildman–Crippen MR) is 58.8 cm³/mol. The Hall–Kier alpha value is -1.77. The van der Waals surface area contributed by atoms with Crippen LogP contribution in [0.3, 0.4) is 0 Å². The third-order valence-electron chi connectivity index (χ3n) is 2.29. The van der Waals surface area contributed by atoms with Crippen LogP contribution in [-0.4, -0.2) is 16.4 Å². The summed E-state index contributed by atoms with van der Waals surface area (Å²) in [7, 11) is 1.94. The highest BCUT2D eigenvalue weighted by atomic mass is 16.5. The van der Waals surface area contributed by atoms with Gasteiger partial charge in [0, 0.05) is 25.4 Å². The van der Waals surface area contributed by atoms with Gasteiger partial charge in [-0.15, -0.1) is 0 Å². The summed E-state index contributed by atoms with van der Waals surface area (Å²) in [4.78, 5) is 0. The molecule has 78 valence electrons. The first-order valence-corrected chi connectivity index (χ1v) is 5.01. The molecule has 3 heteroatoms. The van der Waals surface area contributed by atoms with Crippen molar-refractivity contribution in [2.75, 3.05) is 6.61 Å². The lowest BCUT2D eigenvalue weighted by atomic mass is 10.3. The Bertz CT molecular complexity index is 409. The summed E-state index contributed by atoms with van der Waals surface area (Å²) in [6.07, 6.45) is 2.68. The highest BCUT2D eigenvalue weighted by molar-refractivity contribution is 5.20. The summed E-state index contributed by atoms with van der Waals surface area (Å²) in [6, 6.07) is 11.9. The molecule has 0 saturated carbocycles. The molecule has 2 aromatic rings. The number of aromatic nitrogens is 2. The van der Waals surface area contributed by atoms with Crippen molar-refractivity contribution in [3.8, 4) is 5.75 Å². The predicted octanol–water partition coefficient (Wildman–Crippen LogP) is 2.04. The van der Waals surface area contributed by atoms with Crippen LogP contribution in [0.25, 0.3) is 0 Å². The first-order chi connectivity index (χ1) is 7.36. The van der Waals surface area contributed by atoms with Crippen LogP contribution in [0, 0.1) is 0 Å². The van der Waals surface area contributed by atoms with E-state index in [2.05, 4.69) is 5.10 Å². The van der Waals surface area contributed by atoms with Gasteiger partial charge in [-0.05, 0) is 18.2 Å². The fourth-order valence-electron chi connectivity index (χ4n) is 1.44. The van der Waals surface area contributed by atoms with Crippen molar-refractivity contribution in [1.29, 1.82) is 0 Å². The van der Waals surface area contributed by atoms with Gasteiger partial charge in [0.25, 0.3) is 0 Å². The van der Waals surface area contributed by atoms with Crippen LogP contribution in [0.2, 0.25) is 0 Å². The number of nitrogens with zero attached hydrogens (tertiary/aromatic N) is 2. The Morgan fingerprint density at radius 1 is 1.20 bits per heavy atom. The Kier molecular flexibility index (Phi) is 3.02. The Balaban J connectivity index is 1.83. The zero-order valence-electron chi connectivity index (χ0n) is 8.76. The molecule has 0 saturated heterocycles. The number of para-hydroxylation sites is 1. The van der Waals surface area contributed by atoms with Gasteiger partial charge in [0.05, 0.1) is 6.61 Å². The molecular formula is C12H14N2O. The Morgan fingerprint density at radius 2 is 2.00 bits per heavy atom. The molecule has 0 aliphatic heterocycles. The fourth-order valence-corrected chi connectivity index (χ4v) is 1.44. The lowest BCUT2D eigenvalue weighted by Crippen LogP contribution is -2.05. The average Bonchev–Trinajstić information content (AvgIpc) is 2.66. The standard InChI is InChI=1S/C12H14N2O/c1-14-11(7-9-13-14)8-10-15-12-5-3-2-4-6-12/h2-7,9H,8,10H2,1H3. The van der Waals surface area contributed by atoms with E-state index in [4.69, 9.17) is 4.74 Å². The third kappa shape index (κ3) is 2.59. The van der Waals surface area contributed by atoms with E-state index in [-0.39, 0.29) is 0 Å². The summed E-state index contributed by atoms with van der Waals surface area (Å²) in [5.74, 6) is 0.916. The summed E-state index contributed by atoms with van der Waals surface area (Å²) >= 11 is 0. The molecule has 3 nitrogen and oxygen atoms in total. The smallest absolute Gasteiger partial charge is 0.119 e. The normalized spacial score (nSPS) is 10.2. The maximum Gasteiger partial charge on any atom is 0.119 e. The number of ether oxygens (including phenoxy) is 1. The molecule has 0 unspecified atom stereocenters. The molecule has 0 bridgehead atoms. The van der Waals surface area contributed by atoms with Crippen LogP contribution in [-0.2, 0) is 13.5 Å². The van der Waals surface area contributed by atoms with Gasteiger partial charge >= 0.3 is 0 Å². The molecule has 0 fully saturated rings. The SMILES string of the molecule is Cn1nccc1CCOc1ccccc1. The minimum atomic E-state index is 0.684. The summed E-state index contributed by atoms with van der Waals surface area (Å²) < 4.78 is 7.46. The monoisotopic (exact) mass is 202 g/mol. The Morgan fingerprint density at radius 3 is 2.67 bits per heavy atom. The van der Waals surface area contributed by atoms with Crippen molar-refractivity contribution < 1.29 is 4.74 Å². The van der Waals surface area contributed by atoms with Gasteiger partial charge < -0.3 is 4.74 Å². The molecule has 0 amide bonds. The number of benzene rings is 1. The minimum absolute atomic E-state index is 0.684. The Labute approximate surface area is 89.3 Å². The van der Waals surface area contributed by atoms with Crippen LogP contribution >= 0.6 is 0 Å². The molecule has 0 radical (unpaired) electrons. The number of hydrogen-bond acceptors (Lipinski definition) is 2. The first kappa shape index (κ1) is 9.77. The van der Waals surface area contributed by atoms with Gasteiger partial charge in [0.2, 0.25) is 0 Å². The van der Waals surface area contributed by atoms with Crippen molar-refractivity contribution in [1.82, 2.24) is 9.78 Å². The molecule has 0 spiro atoms. The lowest BCUT2D eigenvalue weighted by molar-refractivity contribution is 0.318. The largest absolute Gasteiger partial charge is 0.493 e. The first-order valence-electron chi connectivity index (χ1n) is 5.01. The molecule has 0 N–H and O–H groups in total. The van der Waals surface area contributed by atoms with E-state index in [0.29, 0.717) is 6.61 Å². The van der Waals surface area contributed by atoms with Gasteiger partial charge in [-0.2, -0.15) is 5.10 Å². The fraction of sp³-hybridized carbons (Fsp3) is 0.250. The van der Waals surface area contributed by atoms with E-state index in [0.717, 1.165) is 12.2 Å². The molecule has 1 aromatic carbocycles. The second kappa shape index (κ2) is 4.64. The number of hydrogen-bond donors (Lipinski definition) is 0. The van der Waals surface area contributed by atoms with Crippen molar-refractivity contribution in [2.45, 2.75) is 6.42 Å². The van der Waals surface area contributed by atoms with E-state index in [1.807, 2.05) is 48.1 Å². The van der Waals surface area contributed by atoms with E-state index < -0.39 is 0 Å². The minimum Gasteiger partial charge on any atom is -0.493 e. The summed E-state index contributed by atoms with van der Waals surface area (Å²) in [6.45, 7) is 0.684. The van der Waals surface area contributed by atoms with Gasteiger partial charge in [-0.3, -0.25) is 4.68 Å². The van der Waals surface area contributed by atoms with Crippen molar-refractivity contribution in [3.05, 3.63) is 48.3 Å². The molecule has 0 aliphatic rings. The van der Waals surface area contributed by atoms with Gasteiger partial charge in [0.15, 0.2) is 0 Å². The molecule has 0 aliphatic carbocycles. The molecule has 15 heavy (non-hydrogen) atoms. The van der Waals surface area contributed by atoms with Gasteiger partial charge in [0.1, 0.15) is 5.75 Å². The zero-order chi connectivity index (χ0) is 10.5. The van der Waals surface area contributed by atoms with Crippen molar-refractivity contribution in [2.24, 2.45) is 7.05 Å². The van der Waals surface area contributed by atoms with Crippen LogP contribution in [0.15, 0.2) is 42.6 Å². The number of rotatable bonds is 4. The van der Waals surface area contributed by atoms with Crippen LogP contribution in [0.1, 0.15) is 5.69 Å². The van der Waals surface area contributed by atoms with Crippen molar-refractivity contribution in [3.63, 3.8) is 0 Å². The van der Waals surface area contributed by atoms with Gasteiger partial charge in [-0.1, -0.05) is 18.2 Å². The second-order valence-corrected chi connectivity index (χ2v) is 3.36. The maximum absolute atomic E-state index is 5.59. The maximum atomic E-state index is 5.59. The highest BCUT2D eigenvalue weighted by Gasteiger charge is 1.98. The van der Waals surface area contributed by atoms with Gasteiger partial charge in [-0.25, -0.2) is 0 Å². The van der Waals surface area contributed by atoms with E-state index in [1.54, 1.807) is 6.20 Å². The van der Waals surface area contributed by atoms with E-state index in [9.17, 15) is 0 Å². The molecular weight excluding hydrogens is 188 g/mol. The van der Waals surface area contributed by atoms with E-state index in [1.165, 1.54) is 5.69 Å². The quantitative estimate of drug-likeness (QED) is 0.758. The topological polar surface area (TPSA) is 27.1 Å². The highest BCUT2D eigenvalue weighted by Crippen LogP contribution is 2.08. The molecule has 0 atom stereocenters. The summed E-state index contributed by atoms with van der Waals surface area (Å²) in [5.41, 5.74) is 1.19. The van der Waals surface area contributed by atoms with Crippen LogP contribution in [0.5, 0.6) is 5.75 Å². The zero-order valence-corrected chi connectivity index (χ0v) is 8.76. The van der Waals surface area contributed by atoms with E-state index >= 15 is 0 Å². The number of aryl methyl sites for hydroxylation is 1.